The summed E-state index contributed by atoms with van der Waals surface area (Å²) in [7, 11) is 1.60. The first-order valence-electron chi connectivity index (χ1n) is 10.1. The van der Waals surface area contributed by atoms with E-state index in [4.69, 9.17) is 9.47 Å². The monoisotopic (exact) mass is 421 g/mol. The summed E-state index contributed by atoms with van der Waals surface area (Å²) in [6, 6.07) is 14.7. The Morgan fingerprint density at radius 2 is 1.87 bits per heavy atom. The molecule has 1 atom stereocenters. The minimum absolute atomic E-state index is 0.185. The summed E-state index contributed by atoms with van der Waals surface area (Å²) in [4.78, 5) is 29.1. The van der Waals surface area contributed by atoms with Gasteiger partial charge in [0.25, 0.3) is 11.5 Å². The zero-order chi connectivity index (χ0) is 22.4. The molecule has 1 unspecified atom stereocenters. The van der Waals surface area contributed by atoms with Crippen LogP contribution in [0.15, 0.2) is 59.7 Å². The molecule has 0 saturated heterocycles. The van der Waals surface area contributed by atoms with E-state index in [-0.39, 0.29) is 11.5 Å². The maximum atomic E-state index is 12.4. The number of nitrogens with zero attached hydrogens (tertiary/aromatic N) is 2. The summed E-state index contributed by atoms with van der Waals surface area (Å²) in [5.74, 6) is 1.19. The molecule has 3 rings (SSSR count). The normalized spacial score (nSPS) is 11.6. The number of aromatic nitrogens is 2. The number of amides is 1. The van der Waals surface area contributed by atoms with Gasteiger partial charge in [0.2, 0.25) is 0 Å². The van der Waals surface area contributed by atoms with Gasteiger partial charge in [-0.3, -0.25) is 14.2 Å². The number of ether oxygens (including phenoxy) is 2. The van der Waals surface area contributed by atoms with Gasteiger partial charge in [-0.2, -0.15) is 0 Å². The van der Waals surface area contributed by atoms with Crippen molar-refractivity contribution in [3.63, 3.8) is 0 Å². The van der Waals surface area contributed by atoms with Crippen molar-refractivity contribution in [1.29, 1.82) is 0 Å². The van der Waals surface area contributed by atoms with Crippen LogP contribution < -0.4 is 20.3 Å². The number of benzene rings is 2. The standard InChI is InChI=1S/C24H27N3O4/c1-16-5-6-17(2)22(13-16)31-18(3)24(29)25-11-12-27-15-26-21(14-23(27)28)19-7-9-20(30-4)10-8-19/h5-10,13-15,18H,11-12H2,1-4H3,(H,25,29). The summed E-state index contributed by atoms with van der Waals surface area (Å²) < 4.78 is 12.4. The largest absolute Gasteiger partial charge is 0.497 e. The molecule has 7 nitrogen and oxygen atoms in total. The molecule has 1 N–H and O–H groups in total. The van der Waals surface area contributed by atoms with Crippen LogP contribution in [-0.2, 0) is 11.3 Å². The smallest absolute Gasteiger partial charge is 0.260 e. The number of carbonyl (C=O) groups is 1. The summed E-state index contributed by atoms with van der Waals surface area (Å²) in [5, 5.41) is 2.81. The quantitative estimate of drug-likeness (QED) is 0.604. The van der Waals surface area contributed by atoms with E-state index >= 15 is 0 Å². The highest BCUT2D eigenvalue weighted by Gasteiger charge is 2.15. The molecule has 0 fully saturated rings. The van der Waals surface area contributed by atoms with Crippen molar-refractivity contribution >= 4 is 5.91 Å². The molecule has 3 aromatic rings. The second kappa shape index (κ2) is 9.93. The van der Waals surface area contributed by atoms with E-state index in [1.54, 1.807) is 14.0 Å². The first kappa shape index (κ1) is 22.1. The lowest BCUT2D eigenvalue weighted by Gasteiger charge is -2.17. The second-order valence-electron chi connectivity index (χ2n) is 7.35. The Bertz CT molecular complexity index is 1110. The average molecular weight is 421 g/mol. The fraction of sp³-hybridized carbons (Fsp3) is 0.292. The van der Waals surface area contributed by atoms with Crippen LogP contribution in [0.25, 0.3) is 11.3 Å². The number of carbonyl (C=O) groups excluding carboxylic acids is 1. The van der Waals surface area contributed by atoms with E-state index in [9.17, 15) is 9.59 Å². The first-order valence-corrected chi connectivity index (χ1v) is 10.1. The van der Waals surface area contributed by atoms with Gasteiger partial charge in [0.1, 0.15) is 11.5 Å². The number of nitrogens with one attached hydrogen (secondary N) is 1. The summed E-state index contributed by atoms with van der Waals surface area (Å²) in [5.41, 5.74) is 3.27. The molecular formula is C24H27N3O4. The van der Waals surface area contributed by atoms with E-state index in [2.05, 4.69) is 10.3 Å². The van der Waals surface area contributed by atoms with Crippen molar-refractivity contribution in [2.45, 2.75) is 33.4 Å². The fourth-order valence-corrected chi connectivity index (χ4v) is 3.04. The van der Waals surface area contributed by atoms with Crippen LogP contribution in [0.3, 0.4) is 0 Å². The van der Waals surface area contributed by atoms with Crippen LogP contribution in [0.4, 0.5) is 0 Å². The van der Waals surface area contributed by atoms with Crippen molar-refractivity contribution in [3.05, 3.63) is 76.3 Å². The number of hydrogen-bond donors (Lipinski definition) is 1. The third-order valence-electron chi connectivity index (χ3n) is 4.93. The van der Waals surface area contributed by atoms with Crippen molar-refractivity contribution in [2.75, 3.05) is 13.7 Å². The Hall–Kier alpha value is -3.61. The van der Waals surface area contributed by atoms with Gasteiger partial charge in [0.15, 0.2) is 6.10 Å². The zero-order valence-corrected chi connectivity index (χ0v) is 18.2. The zero-order valence-electron chi connectivity index (χ0n) is 18.2. The Kier molecular flexibility index (Phi) is 7.07. The predicted octanol–water partition coefficient (Wildman–Crippen LogP) is 3.12. The maximum Gasteiger partial charge on any atom is 0.260 e. The third-order valence-corrected chi connectivity index (χ3v) is 4.93. The second-order valence-corrected chi connectivity index (χ2v) is 7.35. The van der Waals surface area contributed by atoms with Gasteiger partial charge in [0.05, 0.1) is 19.1 Å². The highest BCUT2D eigenvalue weighted by molar-refractivity contribution is 5.80. The van der Waals surface area contributed by atoms with Gasteiger partial charge in [-0.1, -0.05) is 12.1 Å². The molecule has 2 aromatic carbocycles. The molecule has 31 heavy (non-hydrogen) atoms. The molecule has 0 bridgehead atoms. The van der Waals surface area contributed by atoms with Crippen LogP contribution >= 0.6 is 0 Å². The van der Waals surface area contributed by atoms with E-state index in [0.29, 0.717) is 24.5 Å². The molecule has 0 aliphatic carbocycles. The van der Waals surface area contributed by atoms with Crippen molar-refractivity contribution in [3.8, 4) is 22.8 Å². The highest BCUT2D eigenvalue weighted by atomic mass is 16.5. The van der Waals surface area contributed by atoms with E-state index in [1.807, 2.05) is 56.3 Å². The number of rotatable bonds is 8. The molecule has 0 saturated carbocycles. The Morgan fingerprint density at radius 1 is 1.13 bits per heavy atom. The number of hydrogen-bond acceptors (Lipinski definition) is 5. The summed E-state index contributed by atoms with van der Waals surface area (Å²) in [6.07, 6.45) is 0.845. The highest BCUT2D eigenvalue weighted by Crippen LogP contribution is 2.21. The maximum absolute atomic E-state index is 12.4. The third kappa shape index (κ3) is 5.72. The van der Waals surface area contributed by atoms with Gasteiger partial charge >= 0.3 is 0 Å². The minimum atomic E-state index is -0.646. The lowest BCUT2D eigenvalue weighted by Crippen LogP contribution is -2.39. The molecule has 0 aliphatic heterocycles. The SMILES string of the molecule is COc1ccc(-c2cc(=O)n(CCNC(=O)C(C)Oc3cc(C)ccc3C)cn2)cc1. The molecule has 0 radical (unpaired) electrons. The molecular weight excluding hydrogens is 394 g/mol. The lowest BCUT2D eigenvalue weighted by atomic mass is 10.1. The van der Waals surface area contributed by atoms with Gasteiger partial charge in [-0.05, 0) is 62.2 Å². The molecule has 0 aliphatic rings. The van der Waals surface area contributed by atoms with Crippen LogP contribution in [0.2, 0.25) is 0 Å². The van der Waals surface area contributed by atoms with E-state index in [1.165, 1.54) is 17.0 Å². The number of aryl methyl sites for hydroxylation is 2. The Balaban J connectivity index is 1.55. The van der Waals surface area contributed by atoms with Crippen molar-refractivity contribution < 1.29 is 14.3 Å². The van der Waals surface area contributed by atoms with Crippen LogP contribution in [0, 0.1) is 13.8 Å². The van der Waals surface area contributed by atoms with Crippen molar-refractivity contribution in [1.82, 2.24) is 14.9 Å². The molecule has 162 valence electrons. The molecule has 7 heteroatoms. The number of methoxy groups -OCH3 is 1. The van der Waals surface area contributed by atoms with E-state index < -0.39 is 6.10 Å². The van der Waals surface area contributed by atoms with Crippen LogP contribution in [-0.4, -0.2) is 35.2 Å². The lowest BCUT2D eigenvalue weighted by molar-refractivity contribution is -0.127. The summed E-state index contributed by atoms with van der Waals surface area (Å²) in [6.45, 7) is 6.23. The summed E-state index contributed by atoms with van der Waals surface area (Å²) >= 11 is 0. The molecule has 1 heterocycles. The molecule has 0 spiro atoms. The van der Waals surface area contributed by atoms with Crippen molar-refractivity contribution in [2.24, 2.45) is 0 Å². The van der Waals surface area contributed by atoms with Gasteiger partial charge < -0.3 is 14.8 Å². The van der Waals surface area contributed by atoms with Crippen LogP contribution in [0.5, 0.6) is 11.5 Å². The Morgan fingerprint density at radius 3 is 2.55 bits per heavy atom. The van der Waals surface area contributed by atoms with Gasteiger partial charge in [-0.15, -0.1) is 0 Å². The Labute approximate surface area is 181 Å². The van der Waals surface area contributed by atoms with Gasteiger partial charge in [0, 0.05) is 24.7 Å². The fourth-order valence-electron chi connectivity index (χ4n) is 3.04. The topological polar surface area (TPSA) is 82.5 Å². The predicted molar refractivity (Wildman–Crippen MR) is 120 cm³/mol. The van der Waals surface area contributed by atoms with Gasteiger partial charge in [-0.25, -0.2) is 4.98 Å². The average Bonchev–Trinajstić information content (AvgIpc) is 2.77. The van der Waals surface area contributed by atoms with Crippen LogP contribution in [0.1, 0.15) is 18.1 Å². The first-order chi connectivity index (χ1) is 14.9. The van der Waals surface area contributed by atoms with E-state index in [0.717, 1.165) is 22.4 Å². The molecule has 1 amide bonds. The molecule has 1 aromatic heterocycles. The minimum Gasteiger partial charge on any atom is -0.497 e.